The molecule has 4 rings (SSSR count). The number of nitrogens with zero attached hydrogens (tertiary/aromatic N) is 2. The summed E-state index contributed by atoms with van der Waals surface area (Å²) in [5.41, 5.74) is 0.540. The minimum Gasteiger partial charge on any atom is -0.446 e. The molecule has 3 saturated heterocycles. The van der Waals surface area contributed by atoms with Crippen molar-refractivity contribution in [3.05, 3.63) is 0 Å². The molecule has 0 atom stereocenters. The summed E-state index contributed by atoms with van der Waals surface area (Å²) in [4.78, 5) is 16.8. The monoisotopic (exact) mass is 308 g/mol. The van der Waals surface area contributed by atoms with Gasteiger partial charge in [0.25, 0.3) is 0 Å². The van der Waals surface area contributed by atoms with Gasteiger partial charge in [-0.2, -0.15) is 0 Å². The van der Waals surface area contributed by atoms with Crippen molar-refractivity contribution in [3.63, 3.8) is 0 Å². The maximum Gasteiger partial charge on any atom is 0.410 e. The number of epoxide rings is 1. The van der Waals surface area contributed by atoms with E-state index in [1.807, 2.05) is 4.90 Å². The largest absolute Gasteiger partial charge is 0.446 e. The fourth-order valence-electron chi connectivity index (χ4n) is 4.44. The molecule has 0 aromatic rings. The first-order chi connectivity index (χ1) is 10.6. The first-order valence-corrected chi connectivity index (χ1v) is 8.86. The van der Waals surface area contributed by atoms with Crippen LogP contribution in [-0.2, 0) is 9.47 Å². The Morgan fingerprint density at radius 2 is 1.73 bits per heavy atom. The Labute approximate surface area is 132 Å². The number of piperidine rings is 1. The van der Waals surface area contributed by atoms with Crippen molar-refractivity contribution in [1.29, 1.82) is 0 Å². The van der Waals surface area contributed by atoms with Crippen LogP contribution in [0.1, 0.15) is 44.9 Å². The number of hydrogen-bond donors (Lipinski definition) is 0. The Kier molecular flexibility index (Phi) is 3.61. The van der Waals surface area contributed by atoms with Crippen LogP contribution in [0, 0.1) is 5.41 Å². The summed E-state index contributed by atoms with van der Waals surface area (Å²) in [5, 5.41) is 0. The molecule has 0 radical (unpaired) electrons. The van der Waals surface area contributed by atoms with Gasteiger partial charge in [-0.25, -0.2) is 4.79 Å². The van der Waals surface area contributed by atoms with Crippen LogP contribution in [0.4, 0.5) is 4.79 Å². The zero-order valence-electron chi connectivity index (χ0n) is 13.7. The van der Waals surface area contributed by atoms with Crippen molar-refractivity contribution < 1.29 is 14.3 Å². The van der Waals surface area contributed by atoms with E-state index in [9.17, 15) is 4.79 Å². The van der Waals surface area contributed by atoms with Gasteiger partial charge in [-0.05, 0) is 70.5 Å². The molecular weight excluding hydrogens is 280 g/mol. The highest BCUT2D eigenvalue weighted by atomic mass is 16.6. The lowest BCUT2D eigenvalue weighted by Crippen LogP contribution is -2.41. The minimum absolute atomic E-state index is 0.0755. The number of carbonyl (C=O) groups is 1. The molecular formula is C17H28N2O3. The molecule has 0 unspecified atom stereocenters. The van der Waals surface area contributed by atoms with Gasteiger partial charge < -0.3 is 19.3 Å². The molecule has 0 aromatic heterocycles. The predicted molar refractivity (Wildman–Crippen MR) is 82.8 cm³/mol. The normalized spacial score (nSPS) is 37.7. The molecule has 5 heteroatoms. The third-order valence-electron chi connectivity index (χ3n) is 6.41. The zero-order chi connectivity index (χ0) is 15.2. The van der Waals surface area contributed by atoms with Crippen molar-refractivity contribution in [2.75, 3.05) is 39.8 Å². The first kappa shape index (κ1) is 14.8. The van der Waals surface area contributed by atoms with E-state index in [1.165, 1.54) is 12.8 Å². The standard InChI is InChI=1S/C17H28N2O3/c1-18-9-6-16(7-10-18)8-11-19(12-16)15(20)22-14-2-4-17(5-3-14)13-21-17/h14H,2-13H2,1H3. The van der Waals surface area contributed by atoms with Gasteiger partial charge in [0.1, 0.15) is 6.10 Å². The summed E-state index contributed by atoms with van der Waals surface area (Å²) in [7, 11) is 2.19. The molecule has 0 N–H and O–H groups in total. The molecule has 3 aliphatic heterocycles. The van der Waals surface area contributed by atoms with E-state index in [1.54, 1.807) is 0 Å². The van der Waals surface area contributed by atoms with Gasteiger partial charge in [-0.15, -0.1) is 0 Å². The Morgan fingerprint density at radius 3 is 2.36 bits per heavy atom. The summed E-state index contributed by atoms with van der Waals surface area (Å²) in [6.07, 6.45) is 7.67. The van der Waals surface area contributed by atoms with Crippen molar-refractivity contribution >= 4 is 6.09 Å². The second kappa shape index (κ2) is 5.38. The Bertz CT molecular complexity index is 431. The molecule has 2 spiro atoms. The van der Waals surface area contributed by atoms with Crippen molar-refractivity contribution in [1.82, 2.24) is 9.80 Å². The molecule has 1 amide bonds. The number of hydrogen-bond acceptors (Lipinski definition) is 4. The molecule has 22 heavy (non-hydrogen) atoms. The van der Waals surface area contributed by atoms with Gasteiger partial charge in [0.05, 0.1) is 12.2 Å². The van der Waals surface area contributed by atoms with Gasteiger partial charge in [-0.3, -0.25) is 0 Å². The third kappa shape index (κ3) is 2.85. The molecule has 4 aliphatic rings. The van der Waals surface area contributed by atoms with Gasteiger partial charge in [0.15, 0.2) is 0 Å². The van der Waals surface area contributed by atoms with Gasteiger partial charge in [0.2, 0.25) is 0 Å². The second-order valence-electron chi connectivity index (χ2n) is 8.03. The van der Waals surface area contributed by atoms with E-state index in [0.29, 0.717) is 5.41 Å². The summed E-state index contributed by atoms with van der Waals surface area (Å²) >= 11 is 0. The van der Waals surface area contributed by atoms with E-state index in [0.717, 1.165) is 64.9 Å². The van der Waals surface area contributed by atoms with Gasteiger partial charge in [0, 0.05) is 13.1 Å². The fourth-order valence-corrected chi connectivity index (χ4v) is 4.44. The van der Waals surface area contributed by atoms with Crippen LogP contribution in [0.2, 0.25) is 0 Å². The maximum atomic E-state index is 12.4. The summed E-state index contributed by atoms with van der Waals surface area (Å²) < 4.78 is 11.3. The van der Waals surface area contributed by atoms with Crippen LogP contribution < -0.4 is 0 Å². The quantitative estimate of drug-likeness (QED) is 0.697. The first-order valence-electron chi connectivity index (χ1n) is 8.86. The predicted octanol–water partition coefficient (Wildman–Crippen LogP) is 2.25. The molecule has 5 nitrogen and oxygen atoms in total. The van der Waals surface area contributed by atoms with Crippen molar-refractivity contribution in [2.24, 2.45) is 5.41 Å². The number of rotatable bonds is 1. The molecule has 0 aromatic carbocycles. The van der Waals surface area contributed by atoms with E-state index in [-0.39, 0.29) is 17.8 Å². The Morgan fingerprint density at radius 1 is 1.09 bits per heavy atom. The molecule has 1 saturated carbocycles. The Hall–Kier alpha value is -0.810. The number of amides is 1. The molecule has 124 valence electrons. The van der Waals surface area contributed by atoms with E-state index < -0.39 is 0 Å². The topological polar surface area (TPSA) is 45.3 Å². The van der Waals surface area contributed by atoms with Crippen LogP contribution in [0.5, 0.6) is 0 Å². The Balaban J connectivity index is 1.27. The lowest BCUT2D eigenvalue weighted by atomic mass is 9.78. The van der Waals surface area contributed by atoms with Crippen molar-refractivity contribution in [2.45, 2.75) is 56.7 Å². The maximum absolute atomic E-state index is 12.4. The smallest absolute Gasteiger partial charge is 0.410 e. The van der Waals surface area contributed by atoms with E-state index in [4.69, 9.17) is 9.47 Å². The minimum atomic E-state index is -0.0755. The third-order valence-corrected chi connectivity index (χ3v) is 6.41. The summed E-state index contributed by atoms with van der Waals surface area (Å²) in [6.45, 7) is 5.01. The molecule has 4 fully saturated rings. The van der Waals surface area contributed by atoms with Gasteiger partial charge in [-0.1, -0.05) is 0 Å². The lowest BCUT2D eigenvalue weighted by molar-refractivity contribution is 0.0325. The van der Waals surface area contributed by atoms with Crippen LogP contribution >= 0.6 is 0 Å². The van der Waals surface area contributed by atoms with Crippen LogP contribution in [0.3, 0.4) is 0 Å². The summed E-state index contributed by atoms with van der Waals surface area (Å²) in [6, 6.07) is 0. The van der Waals surface area contributed by atoms with Crippen molar-refractivity contribution in [3.8, 4) is 0 Å². The number of ether oxygens (including phenoxy) is 2. The highest BCUT2D eigenvalue weighted by Crippen LogP contribution is 2.43. The highest BCUT2D eigenvalue weighted by molar-refractivity contribution is 5.68. The number of likely N-dealkylation sites (tertiary alicyclic amines) is 2. The van der Waals surface area contributed by atoms with E-state index in [2.05, 4.69) is 11.9 Å². The lowest BCUT2D eigenvalue weighted by Gasteiger charge is -2.37. The number of carbonyl (C=O) groups excluding carboxylic acids is 1. The van der Waals surface area contributed by atoms with Gasteiger partial charge >= 0.3 is 6.09 Å². The highest BCUT2D eigenvalue weighted by Gasteiger charge is 2.48. The average molecular weight is 308 g/mol. The molecule has 0 bridgehead atoms. The molecule has 3 heterocycles. The van der Waals surface area contributed by atoms with Crippen LogP contribution in [0.15, 0.2) is 0 Å². The summed E-state index contributed by atoms with van der Waals surface area (Å²) in [5.74, 6) is 0. The fraction of sp³-hybridized carbons (Fsp3) is 0.941. The van der Waals surface area contributed by atoms with Crippen LogP contribution in [0.25, 0.3) is 0 Å². The zero-order valence-corrected chi connectivity index (χ0v) is 13.7. The SMILES string of the molecule is CN1CCC2(CC1)CCN(C(=O)OC1CCC3(CC1)CO3)C2. The average Bonchev–Trinajstić information content (AvgIpc) is 3.15. The second-order valence-corrected chi connectivity index (χ2v) is 8.03. The van der Waals surface area contributed by atoms with Crippen LogP contribution in [-0.4, -0.2) is 67.4 Å². The molecule has 1 aliphatic carbocycles. The van der Waals surface area contributed by atoms with E-state index >= 15 is 0 Å².